The number of carbonyl (C=O) groups is 1. The molecule has 0 radical (unpaired) electrons. The van der Waals surface area contributed by atoms with Crippen molar-refractivity contribution in [2.75, 3.05) is 37.7 Å². The minimum absolute atomic E-state index is 0.0633. The number of ether oxygens (including phenoxy) is 2. The third kappa shape index (κ3) is 5.97. The molecule has 1 fully saturated rings. The highest BCUT2D eigenvalue weighted by molar-refractivity contribution is 6.32. The van der Waals surface area contributed by atoms with Gasteiger partial charge in [0.25, 0.3) is 5.91 Å². The molecule has 1 aromatic carbocycles. The number of hydrogen-bond acceptors (Lipinski definition) is 6. The Morgan fingerprint density at radius 1 is 1.10 bits per heavy atom. The zero-order chi connectivity index (χ0) is 20.8. The van der Waals surface area contributed by atoms with E-state index in [9.17, 15) is 4.79 Å². The highest BCUT2D eigenvalue weighted by atomic mass is 35.5. The number of nitrogens with one attached hydrogen (secondary N) is 1. The fourth-order valence-corrected chi connectivity index (χ4v) is 3.35. The molecule has 0 spiro atoms. The number of benzene rings is 1. The van der Waals surface area contributed by atoms with Crippen molar-refractivity contribution in [3.8, 4) is 11.6 Å². The van der Waals surface area contributed by atoms with Gasteiger partial charge < -0.3 is 19.7 Å². The van der Waals surface area contributed by atoms with Gasteiger partial charge in [0.15, 0.2) is 6.61 Å². The van der Waals surface area contributed by atoms with Crippen LogP contribution in [0.15, 0.2) is 18.2 Å². The minimum atomic E-state index is -0.213. The Balaban J connectivity index is 1.41. The highest BCUT2D eigenvalue weighted by Crippen LogP contribution is 2.25. The first-order chi connectivity index (χ1) is 13.9. The van der Waals surface area contributed by atoms with Crippen molar-refractivity contribution < 1.29 is 14.3 Å². The normalized spacial score (nSPS) is 13.4. The van der Waals surface area contributed by atoms with Gasteiger partial charge in [0.1, 0.15) is 24.0 Å². The van der Waals surface area contributed by atoms with Crippen LogP contribution in [0.1, 0.15) is 29.8 Å². The number of carbonyl (C=O) groups excluding carboxylic acids is 1. The summed E-state index contributed by atoms with van der Waals surface area (Å²) in [5.41, 5.74) is 1.84. The van der Waals surface area contributed by atoms with Crippen LogP contribution in [0.5, 0.6) is 11.6 Å². The number of rotatable bonds is 8. The molecule has 0 aliphatic carbocycles. The zero-order valence-electron chi connectivity index (χ0n) is 17.1. The van der Waals surface area contributed by atoms with Crippen LogP contribution in [-0.4, -0.2) is 48.7 Å². The van der Waals surface area contributed by atoms with E-state index in [0.29, 0.717) is 35.6 Å². The number of nitrogens with zero attached hydrogens (tertiary/aromatic N) is 3. The van der Waals surface area contributed by atoms with Gasteiger partial charge in [-0.3, -0.25) is 4.79 Å². The molecule has 1 amide bonds. The van der Waals surface area contributed by atoms with Gasteiger partial charge in [-0.1, -0.05) is 11.6 Å². The van der Waals surface area contributed by atoms with Crippen LogP contribution >= 0.6 is 11.6 Å². The molecule has 0 atom stereocenters. The lowest BCUT2D eigenvalue weighted by Crippen LogP contribution is -2.32. The van der Waals surface area contributed by atoms with Gasteiger partial charge in [-0.05, 0) is 56.9 Å². The molecule has 2 aromatic rings. The van der Waals surface area contributed by atoms with Crippen molar-refractivity contribution in [3.63, 3.8) is 0 Å². The van der Waals surface area contributed by atoms with Crippen molar-refractivity contribution >= 4 is 23.3 Å². The molecular formula is C21H27ClN4O3. The van der Waals surface area contributed by atoms with Gasteiger partial charge in [0.05, 0.1) is 6.54 Å². The summed E-state index contributed by atoms with van der Waals surface area (Å²) in [6, 6.07) is 5.50. The molecule has 0 saturated carbocycles. The number of aryl methyl sites for hydroxylation is 3. The van der Waals surface area contributed by atoms with Gasteiger partial charge >= 0.3 is 0 Å². The smallest absolute Gasteiger partial charge is 0.258 e. The third-order valence-electron chi connectivity index (χ3n) is 4.69. The Bertz CT molecular complexity index is 846. The van der Waals surface area contributed by atoms with Crippen molar-refractivity contribution in [1.82, 2.24) is 15.3 Å². The molecular weight excluding hydrogens is 392 g/mol. The van der Waals surface area contributed by atoms with E-state index in [0.717, 1.165) is 30.0 Å². The van der Waals surface area contributed by atoms with Crippen LogP contribution in [0.25, 0.3) is 0 Å². The van der Waals surface area contributed by atoms with Gasteiger partial charge in [0.2, 0.25) is 5.88 Å². The molecule has 1 aliphatic rings. The van der Waals surface area contributed by atoms with Crippen LogP contribution in [0.3, 0.4) is 0 Å². The summed E-state index contributed by atoms with van der Waals surface area (Å²) in [6.45, 7) is 8.31. The minimum Gasteiger partial charge on any atom is -0.484 e. The molecule has 2 heterocycles. The van der Waals surface area contributed by atoms with E-state index in [2.05, 4.69) is 20.2 Å². The van der Waals surface area contributed by atoms with Crippen molar-refractivity contribution in [2.24, 2.45) is 0 Å². The van der Waals surface area contributed by atoms with Gasteiger partial charge in [-0.25, -0.2) is 4.98 Å². The SMILES string of the molecule is Cc1nc(OCCNC(=O)COc2cc(C)c(Cl)c(C)c2)cc(N2CCCC2)n1. The number of hydrogen-bond donors (Lipinski definition) is 1. The molecule has 7 nitrogen and oxygen atoms in total. The Morgan fingerprint density at radius 3 is 2.48 bits per heavy atom. The van der Waals surface area contributed by atoms with E-state index >= 15 is 0 Å². The summed E-state index contributed by atoms with van der Waals surface area (Å²) >= 11 is 6.14. The molecule has 8 heteroatoms. The largest absolute Gasteiger partial charge is 0.484 e. The van der Waals surface area contributed by atoms with E-state index < -0.39 is 0 Å². The number of amides is 1. The van der Waals surface area contributed by atoms with E-state index in [1.165, 1.54) is 12.8 Å². The lowest BCUT2D eigenvalue weighted by atomic mass is 10.1. The predicted molar refractivity (Wildman–Crippen MR) is 113 cm³/mol. The van der Waals surface area contributed by atoms with Crippen LogP contribution in [0.4, 0.5) is 5.82 Å². The third-order valence-corrected chi connectivity index (χ3v) is 5.28. The summed E-state index contributed by atoms with van der Waals surface area (Å²) in [6.07, 6.45) is 2.37. The molecule has 0 unspecified atom stereocenters. The highest BCUT2D eigenvalue weighted by Gasteiger charge is 2.15. The second kappa shape index (κ2) is 9.78. The van der Waals surface area contributed by atoms with Crippen LogP contribution in [-0.2, 0) is 4.79 Å². The Hall–Kier alpha value is -2.54. The van der Waals surface area contributed by atoms with Crippen molar-refractivity contribution in [1.29, 1.82) is 0 Å². The van der Waals surface area contributed by atoms with E-state index in [1.807, 2.05) is 39.0 Å². The maximum Gasteiger partial charge on any atom is 0.258 e. The van der Waals surface area contributed by atoms with Crippen LogP contribution in [0, 0.1) is 20.8 Å². The van der Waals surface area contributed by atoms with E-state index in [-0.39, 0.29) is 12.5 Å². The molecule has 1 N–H and O–H groups in total. The first kappa shape index (κ1) is 21.2. The number of aromatic nitrogens is 2. The number of anilines is 1. The Kier molecular flexibility index (Phi) is 7.14. The van der Waals surface area contributed by atoms with Gasteiger partial charge in [-0.2, -0.15) is 4.98 Å². The van der Waals surface area contributed by atoms with Crippen molar-refractivity contribution in [3.05, 3.63) is 40.2 Å². The lowest BCUT2D eigenvalue weighted by Gasteiger charge is -2.17. The van der Waals surface area contributed by atoms with Crippen LogP contribution in [0.2, 0.25) is 5.02 Å². The maximum absolute atomic E-state index is 12.0. The standard InChI is InChI=1S/C21H27ClN4O3/c1-14-10-17(11-15(2)21(14)22)29-13-19(27)23-6-9-28-20-12-18(24-16(3)25-20)26-7-4-5-8-26/h10-12H,4-9,13H2,1-3H3,(H,23,27). The molecule has 156 valence electrons. The average molecular weight is 419 g/mol. The lowest BCUT2D eigenvalue weighted by molar-refractivity contribution is -0.123. The first-order valence-corrected chi connectivity index (χ1v) is 10.2. The fourth-order valence-electron chi connectivity index (χ4n) is 3.24. The maximum atomic E-state index is 12.0. The quantitative estimate of drug-likeness (QED) is 0.663. The van der Waals surface area contributed by atoms with Crippen LogP contribution < -0.4 is 19.7 Å². The molecule has 1 aromatic heterocycles. The molecule has 3 rings (SSSR count). The fraction of sp³-hybridized carbons (Fsp3) is 0.476. The van der Waals surface area contributed by atoms with Gasteiger partial charge in [-0.15, -0.1) is 0 Å². The van der Waals surface area contributed by atoms with Gasteiger partial charge in [0, 0.05) is 24.2 Å². The molecule has 1 aliphatic heterocycles. The first-order valence-electron chi connectivity index (χ1n) is 9.82. The summed E-state index contributed by atoms with van der Waals surface area (Å²) < 4.78 is 11.2. The topological polar surface area (TPSA) is 76.6 Å². The molecule has 1 saturated heterocycles. The predicted octanol–water partition coefficient (Wildman–Crippen LogP) is 3.23. The summed E-state index contributed by atoms with van der Waals surface area (Å²) in [4.78, 5) is 23.0. The summed E-state index contributed by atoms with van der Waals surface area (Å²) in [5.74, 6) is 2.51. The van der Waals surface area contributed by atoms with E-state index in [1.54, 1.807) is 0 Å². The Labute approximate surface area is 176 Å². The average Bonchev–Trinajstić information content (AvgIpc) is 3.22. The molecule has 0 bridgehead atoms. The van der Waals surface area contributed by atoms with Crippen molar-refractivity contribution in [2.45, 2.75) is 33.6 Å². The van der Waals surface area contributed by atoms with E-state index in [4.69, 9.17) is 21.1 Å². The monoisotopic (exact) mass is 418 g/mol. The Morgan fingerprint density at radius 2 is 1.79 bits per heavy atom. The molecule has 29 heavy (non-hydrogen) atoms. The second-order valence-electron chi connectivity index (χ2n) is 7.16. The zero-order valence-corrected chi connectivity index (χ0v) is 17.9. The number of halogens is 1. The summed E-state index contributed by atoms with van der Waals surface area (Å²) in [5, 5.41) is 3.49. The second-order valence-corrected chi connectivity index (χ2v) is 7.54. The summed E-state index contributed by atoms with van der Waals surface area (Å²) in [7, 11) is 0.